The zero-order valence-corrected chi connectivity index (χ0v) is 10.7. The molecule has 3 rings (SSSR count). The molecule has 0 saturated heterocycles. The van der Waals surface area contributed by atoms with Crippen LogP contribution in [0.25, 0.3) is 17.2 Å². The van der Waals surface area contributed by atoms with Crippen LogP contribution in [0.5, 0.6) is 0 Å². The van der Waals surface area contributed by atoms with Crippen LogP contribution in [0.3, 0.4) is 0 Å². The minimum absolute atomic E-state index is 0.117. The number of carbonyl (C=O) groups is 1. The Morgan fingerprint density at radius 2 is 2.11 bits per heavy atom. The molecule has 0 atom stereocenters. The summed E-state index contributed by atoms with van der Waals surface area (Å²) in [6, 6.07) is 1.59. The monoisotopic (exact) mass is 273 g/mol. The van der Waals surface area contributed by atoms with Crippen LogP contribution in [0.2, 0.25) is 5.15 Å². The maximum atomic E-state index is 11.4. The van der Waals surface area contributed by atoms with E-state index in [1.54, 1.807) is 29.1 Å². The molecule has 6 nitrogen and oxygen atoms in total. The Morgan fingerprint density at radius 3 is 2.84 bits per heavy atom. The van der Waals surface area contributed by atoms with E-state index < -0.39 is 0 Å². The molecule has 0 N–H and O–H groups in total. The molecule has 0 aliphatic heterocycles. The molecule has 0 unspecified atom stereocenters. The highest BCUT2D eigenvalue weighted by Gasteiger charge is 2.11. The normalized spacial score (nSPS) is 10.8. The van der Waals surface area contributed by atoms with Crippen molar-refractivity contribution in [2.75, 3.05) is 0 Å². The van der Waals surface area contributed by atoms with Gasteiger partial charge in [0.25, 0.3) is 0 Å². The summed E-state index contributed by atoms with van der Waals surface area (Å²) in [5.74, 6) is 0.328. The number of halogens is 1. The van der Waals surface area contributed by atoms with Gasteiger partial charge in [-0.2, -0.15) is 0 Å². The molecule has 19 heavy (non-hydrogen) atoms. The zero-order valence-electron chi connectivity index (χ0n) is 9.91. The molecule has 0 radical (unpaired) electrons. The minimum Gasteiger partial charge on any atom is -0.293 e. The molecule has 3 aromatic rings. The third-order valence-corrected chi connectivity index (χ3v) is 2.82. The van der Waals surface area contributed by atoms with Gasteiger partial charge in [-0.05, 0) is 6.07 Å². The summed E-state index contributed by atoms with van der Waals surface area (Å²) in [4.78, 5) is 27.9. The van der Waals surface area contributed by atoms with E-state index >= 15 is 0 Å². The van der Waals surface area contributed by atoms with Crippen molar-refractivity contribution in [1.29, 1.82) is 0 Å². The van der Waals surface area contributed by atoms with Crippen molar-refractivity contribution in [2.45, 2.75) is 6.92 Å². The van der Waals surface area contributed by atoms with Gasteiger partial charge in [0, 0.05) is 19.3 Å². The Hall–Kier alpha value is -2.34. The third kappa shape index (κ3) is 2.06. The van der Waals surface area contributed by atoms with E-state index in [9.17, 15) is 4.79 Å². The molecule has 0 spiro atoms. The number of nitrogens with zero attached hydrogens (tertiary/aromatic N) is 5. The molecule has 7 heteroatoms. The second kappa shape index (κ2) is 4.40. The van der Waals surface area contributed by atoms with Crippen LogP contribution in [0, 0.1) is 0 Å². The summed E-state index contributed by atoms with van der Waals surface area (Å²) in [6.45, 7) is 1.46. The fourth-order valence-electron chi connectivity index (χ4n) is 1.70. The fraction of sp³-hybridized carbons (Fsp3) is 0.0833. The maximum Gasteiger partial charge on any atom is 0.179 e. The molecule has 0 fully saturated rings. The van der Waals surface area contributed by atoms with E-state index in [-0.39, 0.29) is 5.78 Å². The molecular weight excluding hydrogens is 266 g/mol. The molecule has 0 bridgehead atoms. The maximum absolute atomic E-state index is 11.4. The number of hydrogen-bond acceptors (Lipinski definition) is 5. The number of hydrogen-bond donors (Lipinski definition) is 0. The van der Waals surface area contributed by atoms with Crippen molar-refractivity contribution in [2.24, 2.45) is 0 Å². The number of fused-ring (bicyclic) bond motifs is 1. The quantitative estimate of drug-likeness (QED) is 0.528. The number of rotatable bonds is 2. The predicted octanol–water partition coefficient (Wildman–Crippen LogP) is 2.04. The van der Waals surface area contributed by atoms with Gasteiger partial charge in [0.15, 0.2) is 17.3 Å². The SMILES string of the molecule is CC(=O)c1cn2c(-c3nccc(Cl)n3)cnc2cn1. The summed E-state index contributed by atoms with van der Waals surface area (Å²) in [5, 5.41) is 0.348. The van der Waals surface area contributed by atoms with Crippen LogP contribution in [-0.2, 0) is 0 Å². The molecule has 0 aliphatic rings. The van der Waals surface area contributed by atoms with Crippen LogP contribution < -0.4 is 0 Å². The smallest absolute Gasteiger partial charge is 0.179 e. The van der Waals surface area contributed by atoms with Crippen molar-refractivity contribution < 1.29 is 4.79 Å². The second-order valence-corrected chi connectivity index (χ2v) is 4.29. The lowest BCUT2D eigenvalue weighted by atomic mass is 10.3. The lowest BCUT2D eigenvalue weighted by molar-refractivity contribution is 0.101. The first kappa shape index (κ1) is 11.7. The summed E-state index contributed by atoms with van der Waals surface area (Å²) >= 11 is 5.85. The van der Waals surface area contributed by atoms with Crippen LogP contribution >= 0.6 is 11.6 Å². The Bertz CT molecular complexity index is 783. The Labute approximate surface area is 113 Å². The zero-order chi connectivity index (χ0) is 13.4. The lowest BCUT2D eigenvalue weighted by Crippen LogP contribution is -2.01. The van der Waals surface area contributed by atoms with Gasteiger partial charge in [0.2, 0.25) is 0 Å². The fourth-order valence-corrected chi connectivity index (χ4v) is 1.83. The van der Waals surface area contributed by atoms with Crippen molar-refractivity contribution in [3.05, 3.63) is 41.7 Å². The van der Waals surface area contributed by atoms with Crippen LogP contribution in [0.15, 0.2) is 30.9 Å². The molecule has 94 valence electrons. The highest BCUT2D eigenvalue weighted by molar-refractivity contribution is 6.29. The molecule has 3 heterocycles. The van der Waals surface area contributed by atoms with Crippen molar-refractivity contribution in [1.82, 2.24) is 24.3 Å². The van der Waals surface area contributed by atoms with Crippen molar-refractivity contribution >= 4 is 23.0 Å². The highest BCUT2D eigenvalue weighted by Crippen LogP contribution is 2.18. The van der Waals surface area contributed by atoms with Crippen LogP contribution in [0.1, 0.15) is 17.4 Å². The van der Waals surface area contributed by atoms with Gasteiger partial charge in [-0.3, -0.25) is 9.20 Å². The summed E-state index contributed by atoms with van der Waals surface area (Å²) in [5.41, 5.74) is 1.62. The highest BCUT2D eigenvalue weighted by atomic mass is 35.5. The van der Waals surface area contributed by atoms with E-state index in [1.807, 2.05) is 0 Å². The third-order valence-electron chi connectivity index (χ3n) is 2.61. The largest absolute Gasteiger partial charge is 0.293 e. The van der Waals surface area contributed by atoms with Gasteiger partial charge < -0.3 is 0 Å². The first-order valence-corrected chi connectivity index (χ1v) is 5.86. The van der Waals surface area contributed by atoms with Crippen LogP contribution in [0.4, 0.5) is 0 Å². The van der Waals surface area contributed by atoms with E-state index in [1.165, 1.54) is 13.1 Å². The molecule has 0 aliphatic carbocycles. The van der Waals surface area contributed by atoms with E-state index in [2.05, 4.69) is 19.9 Å². The van der Waals surface area contributed by atoms with Crippen LogP contribution in [-0.4, -0.2) is 30.1 Å². The number of imidazole rings is 1. The molecule has 3 aromatic heterocycles. The van der Waals surface area contributed by atoms with E-state index in [4.69, 9.17) is 11.6 Å². The summed E-state index contributed by atoms with van der Waals surface area (Å²) in [6.07, 6.45) is 6.33. The molecule has 0 saturated carbocycles. The Balaban J connectivity index is 2.24. The second-order valence-electron chi connectivity index (χ2n) is 3.90. The van der Waals surface area contributed by atoms with Gasteiger partial charge in [-0.25, -0.2) is 19.9 Å². The molecule has 0 aromatic carbocycles. The summed E-state index contributed by atoms with van der Waals surface area (Å²) in [7, 11) is 0. The Morgan fingerprint density at radius 1 is 1.26 bits per heavy atom. The molecule has 0 amide bonds. The number of ketones is 1. The Kier molecular flexibility index (Phi) is 2.72. The van der Waals surface area contributed by atoms with Gasteiger partial charge in [-0.15, -0.1) is 0 Å². The lowest BCUT2D eigenvalue weighted by Gasteiger charge is -2.02. The van der Waals surface area contributed by atoms with Gasteiger partial charge in [0.1, 0.15) is 16.5 Å². The van der Waals surface area contributed by atoms with E-state index in [0.29, 0.717) is 28.0 Å². The van der Waals surface area contributed by atoms with Gasteiger partial charge in [-0.1, -0.05) is 11.6 Å². The topological polar surface area (TPSA) is 73.0 Å². The van der Waals surface area contributed by atoms with Gasteiger partial charge >= 0.3 is 0 Å². The number of carbonyl (C=O) groups excluding carboxylic acids is 1. The predicted molar refractivity (Wildman–Crippen MR) is 69.0 cm³/mol. The first-order valence-electron chi connectivity index (χ1n) is 5.48. The first-order chi connectivity index (χ1) is 9.15. The average molecular weight is 274 g/mol. The van der Waals surface area contributed by atoms with Crippen molar-refractivity contribution in [3.8, 4) is 11.5 Å². The standard InChI is InChI=1S/C12H8ClN5O/c1-7(19)8-6-18-9(4-16-11(18)5-15-8)12-14-3-2-10(13)17-12/h2-6H,1H3. The van der Waals surface area contributed by atoms with Crippen molar-refractivity contribution in [3.63, 3.8) is 0 Å². The van der Waals surface area contributed by atoms with Gasteiger partial charge in [0.05, 0.1) is 12.4 Å². The average Bonchev–Trinajstić information content (AvgIpc) is 2.81. The number of Topliss-reactive ketones (excluding diaryl/α,β-unsaturated/α-hetero) is 1. The molecular formula is C12H8ClN5O. The number of aromatic nitrogens is 5. The minimum atomic E-state index is -0.117. The summed E-state index contributed by atoms with van der Waals surface area (Å²) < 4.78 is 1.72. The van der Waals surface area contributed by atoms with E-state index in [0.717, 1.165) is 0 Å².